The van der Waals surface area contributed by atoms with Crippen molar-refractivity contribution in [3.8, 4) is 0 Å². The summed E-state index contributed by atoms with van der Waals surface area (Å²) in [6.45, 7) is -5.89. The molecule has 2 aliphatic heterocycles. The fraction of sp³-hybridized carbons (Fsp3) is 0.500. The molecule has 6 rings (SSSR count). The Morgan fingerprint density at radius 3 is 2.47 bits per heavy atom. The van der Waals surface area contributed by atoms with Crippen LogP contribution in [-0.2, 0) is 39.4 Å². The first kappa shape index (κ1) is 32.1. The lowest BCUT2D eigenvalue weighted by molar-refractivity contribution is -0.0539. The van der Waals surface area contributed by atoms with E-state index in [4.69, 9.17) is 46.3 Å². The first-order valence-electron chi connectivity index (χ1n) is 12.7. The molecule has 4 aromatic rings. The van der Waals surface area contributed by atoms with Gasteiger partial charge in [-0.1, -0.05) is 0 Å². The van der Waals surface area contributed by atoms with Crippen LogP contribution in [0.3, 0.4) is 0 Å². The van der Waals surface area contributed by atoms with Gasteiger partial charge < -0.3 is 35.5 Å². The Morgan fingerprint density at radius 2 is 1.76 bits per heavy atom. The largest absolute Gasteiger partial charge is 0.582 e. The number of rotatable bonds is 10. The summed E-state index contributed by atoms with van der Waals surface area (Å²) in [5.41, 5.74) is 10.8. The van der Waals surface area contributed by atoms with Crippen molar-refractivity contribution in [1.82, 2.24) is 39.0 Å². The number of nitrogens with two attached hydrogens (primary N) is 2. The molecular formula is C20H23F2N10O9P2S2+. The highest BCUT2D eigenvalue weighted by Crippen LogP contribution is 2.51. The highest BCUT2D eigenvalue weighted by molar-refractivity contribution is 8.39. The zero-order valence-corrected chi connectivity index (χ0v) is 25.8. The molecule has 45 heavy (non-hydrogen) atoms. The first-order chi connectivity index (χ1) is 21.4. The number of H-pyrrole nitrogens is 1. The number of aromatic nitrogens is 8. The summed E-state index contributed by atoms with van der Waals surface area (Å²) in [4.78, 5) is 45.4. The Bertz CT molecular complexity index is 1870. The average molecular weight is 712 g/mol. The Labute approximate surface area is 260 Å². The second-order valence-corrected chi connectivity index (χ2v) is 14.2. The maximum Gasteiger partial charge on any atom is 0.582 e. The molecule has 25 heteroatoms. The van der Waals surface area contributed by atoms with Crippen molar-refractivity contribution in [2.75, 3.05) is 24.7 Å². The van der Waals surface area contributed by atoms with Crippen molar-refractivity contribution < 1.29 is 46.4 Å². The molecule has 0 saturated carbocycles. The van der Waals surface area contributed by atoms with Gasteiger partial charge in [-0.15, -0.1) is 4.52 Å². The molecular weight excluding hydrogens is 688 g/mol. The molecule has 3 unspecified atom stereocenters. The minimum absolute atomic E-state index is 0.0370. The van der Waals surface area contributed by atoms with Crippen LogP contribution in [-0.4, -0.2) is 99.0 Å². The lowest BCUT2D eigenvalue weighted by Gasteiger charge is -2.26. The predicted molar refractivity (Wildman–Crippen MR) is 156 cm³/mol. The summed E-state index contributed by atoms with van der Waals surface area (Å²) < 4.78 is 72.7. The lowest BCUT2D eigenvalue weighted by atomic mass is 10.1. The van der Waals surface area contributed by atoms with Crippen molar-refractivity contribution >= 4 is 72.1 Å². The second kappa shape index (κ2) is 12.4. The molecule has 4 aromatic heterocycles. The maximum absolute atomic E-state index is 15.7. The summed E-state index contributed by atoms with van der Waals surface area (Å²) in [5, 5.41) is 9.66. The highest BCUT2D eigenvalue weighted by atomic mass is 32.7. The number of thiol groups is 1. The molecule has 2 aliphatic rings. The van der Waals surface area contributed by atoms with Gasteiger partial charge in [-0.2, -0.15) is 4.98 Å². The molecule has 19 nitrogen and oxygen atoms in total. The van der Waals surface area contributed by atoms with Crippen molar-refractivity contribution in [2.24, 2.45) is 0 Å². The molecule has 0 aliphatic carbocycles. The molecule has 6 heterocycles. The van der Waals surface area contributed by atoms with Crippen LogP contribution in [0.4, 0.5) is 20.5 Å². The second-order valence-electron chi connectivity index (χ2n) is 9.70. The number of ether oxygens (including phenoxy) is 2. The zero-order valence-electron chi connectivity index (χ0n) is 22.3. The van der Waals surface area contributed by atoms with E-state index in [9.17, 15) is 19.4 Å². The van der Waals surface area contributed by atoms with E-state index in [1.165, 1.54) is 10.9 Å². The van der Waals surface area contributed by atoms with Crippen LogP contribution in [0, 0.1) is 0 Å². The summed E-state index contributed by atoms with van der Waals surface area (Å²) in [6, 6.07) is 0. The van der Waals surface area contributed by atoms with Gasteiger partial charge in [0.2, 0.25) is 5.95 Å². The number of aromatic amines is 1. The molecule has 0 bridgehead atoms. The van der Waals surface area contributed by atoms with Gasteiger partial charge in [0.15, 0.2) is 53.5 Å². The minimum Gasteiger partial charge on any atom is -0.394 e. The number of imidazole rings is 2. The third kappa shape index (κ3) is 6.05. The monoisotopic (exact) mass is 711 g/mol. The Morgan fingerprint density at radius 1 is 1.07 bits per heavy atom. The zero-order chi connectivity index (χ0) is 32.2. The van der Waals surface area contributed by atoms with Gasteiger partial charge >= 0.3 is 13.9 Å². The van der Waals surface area contributed by atoms with Crippen LogP contribution in [0.5, 0.6) is 0 Å². The van der Waals surface area contributed by atoms with Gasteiger partial charge in [-0.05, 0) is 16.4 Å². The van der Waals surface area contributed by atoms with Crippen molar-refractivity contribution in [1.29, 1.82) is 0 Å². The predicted octanol–water partition coefficient (Wildman–Crippen LogP) is 0.178. The van der Waals surface area contributed by atoms with Crippen LogP contribution < -0.4 is 17.0 Å². The Kier molecular flexibility index (Phi) is 8.86. The summed E-state index contributed by atoms with van der Waals surface area (Å²) in [6.07, 6.45) is -9.54. The third-order valence-corrected chi connectivity index (χ3v) is 9.23. The normalized spacial score (nSPS) is 30.3. The molecule has 10 atom stereocenters. The van der Waals surface area contributed by atoms with Gasteiger partial charge in [0.25, 0.3) is 5.56 Å². The number of alkyl halides is 2. The number of hydrogen-bond donors (Lipinski definition) is 6. The molecule has 0 aromatic carbocycles. The van der Waals surface area contributed by atoms with Gasteiger partial charge in [-0.25, -0.2) is 28.7 Å². The molecule has 2 saturated heterocycles. The number of aliphatic hydroxyl groups excluding tert-OH is 1. The van der Waals surface area contributed by atoms with E-state index in [-0.39, 0.29) is 34.1 Å². The van der Waals surface area contributed by atoms with Crippen LogP contribution in [0.2, 0.25) is 0 Å². The highest BCUT2D eigenvalue weighted by Gasteiger charge is 2.53. The van der Waals surface area contributed by atoms with E-state index < -0.39 is 81.9 Å². The van der Waals surface area contributed by atoms with Gasteiger partial charge in [0.1, 0.15) is 42.4 Å². The molecule has 0 spiro atoms. The minimum atomic E-state index is -4.41. The molecule has 0 amide bonds. The van der Waals surface area contributed by atoms with Crippen LogP contribution in [0.1, 0.15) is 12.5 Å². The van der Waals surface area contributed by atoms with E-state index in [1.54, 1.807) is 0 Å². The summed E-state index contributed by atoms with van der Waals surface area (Å²) >= 11 is 8.82. The Balaban J connectivity index is 1.22. The summed E-state index contributed by atoms with van der Waals surface area (Å²) in [5.74, 6) is -0.230. The van der Waals surface area contributed by atoms with Gasteiger partial charge in [0.05, 0.1) is 25.9 Å². The van der Waals surface area contributed by atoms with Crippen LogP contribution >= 0.6 is 26.2 Å². The number of nitrogens with one attached hydrogen (secondary N) is 1. The van der Waals surface area contributed by atoms with Crippen molar-refractivity contribution in [3.05, 3.63) is 29.3 Å². The van der Waals surface area contributed by atoms with Gasteiger partial charge in [0, 0.05) is 0 Å². The average Bonchev–Trinajstić information content (AvgIpc) is 3.73. The van der Waals surface area contributed by atoms with Crippen molar-refractivity contribution in [2.45, 2.75) is 49.2 Å². The number of nitrogen functional groups attached to an aromatic ring is 2. The first-order valence-corrected chi connectivity index (χ1v) is 17.6. The third-order valence-electron chi connectivity index (χ3n) is 6.97. The van der Waals surface area contributed by atoms with Crippen LogP contribution in [0.25, 0.3) is 22.3 Å². The standard InChI is InChI=1S/C20H22F2N10O9P2S2/c21-8-6(1-33)38-19(32-5-28-11-16(32)29-20(24)30-17(11)34)13(8)41-43(36,45)37-2-7-12(40-42(35)44)9(22)18(39-7)31-4-27-10-14(23)25-3-26-15(10)31/h3-9,12-13,18-19,33H,1-2H2,(H6-,23,24,25,26,29,30,34,35,36,44,45)/p+1/t6-,7-,8-,9+,12-,13-,18-,19?,43?/m1/s1. The fourth-order valence-electron chi connectivity index (χ4n) is 5.00. The van der Waals surface area contributed by atoms with Crippen molar-refractivity contribution in [3.63, 3.8) is 0 Å². The van der Waals surface area contributed by atoms with E-state index in [0.29, 0.717) is 0 Å². The molecule has 242 valence electrons. The SMILES string of the molecule is Nc1nc2c(ncn2C2O[C@H](CO)[C@@H](F)[C@H]2OP(O)(=S)OC[C@H]2O[C@@H](n3cnc4c(N)ncnc43)[C@@H](F)[C@@H]2O[P+](=O)S)c(=O)[nH]1. The molecule has 2 fully saturated rings. The number of nitrogens with zero attached hydrogens (tertiary/aromatic N) is 7. The molecule has 7 N–H and O–H groups in total. The van der Waals surface area contributed by atoms with E-state index in [0.717, 1.165) is 17.2 Å². The number of anilines is 2. The summed E-state index contributed by atoms with van der Waals surface area (Å²) in [7, 11) is -2.64. The fourth-order valence-corrected chi connectivity index (χ4v) is 7.19. The van der Waals surface area contributed by atoms with Crippen LogP contribution in [0.15, 0.2) is 23.8 Å². The lowest BCUT2D eigenvalue weighted by Crippen LogP contribution is -2.34. The van der Waals surface area contributed by atoms with E-state index >= 15 is 8.78 Å². The Hall–Kier alpha value is -2.82. The number of fused-ring (bicyclic) bond motifs is 2. The number of halogens is 2. The quantitative estimate of drug-likeness (QED) is 0.0946. The van der Waals surface area contributed by atoms with Gasteiger partial charge in [-0.3, -0.25) is 23.4 Å². The van der Waals surface area contributed by atoms with E-state index in [1.807, 2.05) is 0 Å². The van der Waals surface area contributed by atoms with E-state index in [2.05, 4.69) is 42.2 Å². The number of hydrogen-bond acceptors (Lipinski definition) is 16. The smallest absolute Gasteiger partial charge is 0.394 e. The molecule has 0 radical (unpaired) electrons. The topological polar surface area (TPSA) is 263 Å². The number of aliphatic hydroxyl groups is 1. The maximum atomic E-state index is 15.7.